The predicted molar refractivity (Wildman–Crippen MR) is 87.5 cm³/mol. The summed E-state index contributed by atoms with van der Waals surface area (Å²) < 4.78 is 45.8. The van der Waals surface area contributed by atoms with Crippen molar-refractivity contribution in [3.05, 3.63) is 71.2 Å². The largest absolute Gasteiger partial charge is 0.467 e. The van der Waals surface area contributed by atoms with E-state index in [4.69, 9.17) is 4.42 Å². The van der Waals surface area contributed by atoms with E-state index in [0.29, 0.717) is 11.4 Å². The maximum atomic E-state index is 13.2. The number of sulfonamides is 1. The van der Waals surface area contributed by atoms with E-state index in [0.717, 1.165) is 4.88 Å². The van der Waals surface area contributed by atoms with Gasteiger partial charge in [-0.25, -0.2) is 12.8 Å². The number of halogens is 1. The Bertz CT molecular complexity index is 884. The van der Waals surface area contributed by atoms with Crippen molar-refractivity contribution < 1.29 is 17.2 Å². The molecule has 4 nitrogen and oxygen atoms in total. The number of rotatable bonds is 5. The standard InChI is InChI=1S/C16H14FNO3S2/c1-12-4-9-16(22-12)23(19,20)18(11-15-3-2-10-21-15)14-7-5-13(17)6-8-14/h2-10H,11H2,1H3. The van der Waals surface area contributed by atoms with E-state index in [2.05, 4.69) is 0 Å². The van der Waals surface area contributed by atoms with Gasteiger partial charge < -0.3 is 4.42 Å². The minimum Gasteiger partial charge on any atom is -0.467 e. The first-order valence-corrected chi connectivity index (χ1v) is 9.09. The molecule has 23 heavy (non-hydrogen) atoms. The summed E-state index contributed by atoms with van der Waals surface area (Å²) in [6, 6.07) is 12.1. The molecule has 3 rings (SSSR count). The van der Waals surface area contributed by atoms with Gasteiger partial charge in [-0.2, -0.15) is 0 Å². The van der Waals surface area contributed by atoms with Crippen LogP contribution in [0.3, 0.4) is 0 Å². The molecule has 0 N–H and O–H groups in total. The van der Waals surface area contributed by atoms with Gasteiger partial charge in [-0.3, -0.25) is 4.31 Å². The van der Waals surface area contributed by atoms with Crippen molar-refractivity contribution in [3.8, 4) is 0 Å². The fraction of sp³-hybridized carbons (Fsp3) is 0.125. The Hall–Kier alpha value is -2.12. The van der Waals surface area contributed by atoms with E-state index >= 15 is 0 Å². The first-order valence-electron chi connectivity index (χ1n) is 6.84. The molecule has 0 spiro atoms. The van der Waals surface area contributed by atoms with Crippen molar-refractivity contribution in [2.24, 2.45) is 0 Å². The van der Waals surface area contributed by atoms with Crippen LogP contribution in [0.4, 0.5) is 10.1 Å². The monoisotopic (exact) mass is 351 g/mol. The molecule has 0 radical (unpaired) electrons. The second-order valence-corrected chi connectivity index (χ2v) is 8.31. The maximum absolute atomic E-state index is 13.2. The van der Waals surface area contributed by atoms with Crippen LogP contribution in [0.25, 0.3) is 0 Å². The van der Waals surface area contributed by atoms with E-state index in [1.54, 1.807) is 24.3 Å². The van der Waals surface area contributed by atoms with Crippen LogP contribution in [0.5, 0.6) is 0 Å². The van der Waals surface area contributed by atoms with Gasteiger partial charge in [0.25, 0.3) is 10.0 Å². The lowest BCUT2D eigenvalue weighted by atomic mass is 10.3. The summed E-state index contributed by atoms with van der Waals surface area (Å²) in [6.45, 7) is 1.89. The highest BCUT2D eigenvalue weighted by Gasteiger charge is 2.27. The lowest BCUT2D eigenvalue weighted by molar-refractivity contribution is 0.508. The highest BCUT2D eigenvalue weighted by Crippen LogP contribution is 2.30. The van der Waals surface area contributed by atoms with E-state index in [1.807, 2.05) is 6.92 Å². The number of furan rings is 1. The molecule has 120 valence electrons. The van der Waals surface area contributed by atoms with Crippen molar-refractivity contribution in [2.75, 3.05) is 4.31 Å². The number of thiophene rings is 1. The van der Waals surface area contributed by atoms with Crippen LogP contribution in [0.2, 0.25) is 0 Å². The number of benzene rings is 1. The van der Waals surface area contributed by atoms with E-state index in [9.17, 15) is 12.8 Å². The number of hydrogen-bond acceptors (Lipinski definition) is 4. The van der Waals surface area contributed by atoms with Crippen LogP contribution < -0.4 is 4.31 Å². The Kier molecular flexibility index (Phi) is 4.23. The summed E-state index contributed by atoms with van der Waals surface area (Å²) in [5, 5.41) is 0. The first kappa shape index (κ1) is 15.8. The van der Waals surface area contributed by atoms with Gasteiger partial charge in [0.2, 0.25) is 0 Å². The highest BCUT2D eigenvalue weighted by atomic mass is 32.2. The second kappa shape index (κ2) is 6.17. The summed E-state index contributed by atoms with van der Waals surface area (Å²) in [5.74, 6) is 0.0854. The maximum Gasteiger partial charge on any atom is 0.274 e. The van der Waals surface area contributed by atoms with Crippen LogP contribution in [-0.2, 0) is 16.6 Å². The van der Waals surface area contributed by atoms with E-state index < -0.39 is 15.8 Å². The molecule has 7 heteroatoms. The Balaban J connectivity index is 2.05. The topological polar surface area (TPSA) is 50.5 Å². The smallest absolute Gasteiger partial charge is 0.274 e. The first-order chi connectivity index (χ1) is 11.0. The van der Waals surface area contributed by atoms with Crippen molar-refractivity contribution in [2.45, 2.75) is 17.7 Å². The number of nitrogens with zero attached hydrogens (tertiary/aromatic N) is 1. The lowest BCUT2D eigenvalue weighted by Crippen LogP contribution is -2.29. The average molecular weight is 351 g/mol. The molecule has 0 unspecified atom stereocenters. The summed E-state index contributed by atoms with van der Waals surface area (Å²) >= 11 is 1.20. The van der Waals surface area contributed by atoms with Crippen molar-refractivity contribution in [1.29, 1.82) is 0 Å². The van der Waals surface area contributed by atoms with Crippen molar-refractivity contribution in [3.63, 3.8) is 0 Å². The second-order valence-electron chi connectivity index (χ2n) is 4.93. The third kappa shape index (κ3) is 3.30. The summed E-state index contributed by atoms with van der Waals surface area (Å²) in [5.41, 5.74) is 0.383. The van der Waals surface area contributed by atoms with Gasteiger partial charge in [-0.05, 0) is 55.5 Å². The van der Waals surface area contributed by atoms with E-state index in [-0.39, 0.29) is 10.8 Å². The van der Waals surface area contributed by atoms with Crippen LogP contribution >= 0.6 is 11.3 Å². The predicted octanol–water partition coefficient (Wildman–Crippen LogP) is 4.18. The normalized spacial score (nSPS) is 11.6. The molecule has 2 heterocycles. The molecule has 0 saturated carbocycles. The van der Waals surface area contributed by atoms with Crippen LogP contribution in [0.15, 0.2) is 63.4 Å². The molecule has 0 aliphatic rings. The highest BCUT2D eigenvalue weighted by molar-refractivity contribution is 7.94. The Morgan fingerprint density at radius 2 is 1.87 bits per heavy atom. The van der Waals surface area contributed by atoms with Gasteiger partial charge in [0.15, 0.2) is 0 Å². The minimum atomic E-state index is -3.75. The fourth-order valence-corrected chi connectivity index (χ4v) is 4.95. The van der Waals surface area contributed by atoms with Gasteiger partial charge in [0.05, 0.1) is 18.5 Å². The molecule has 0 saturated heterocycles. The van der Waals surface area contributed by atoms with Crippen molar-refractivity contribution >= 4 is 27.0 Å². The Labute approximate surface area is 137 Å². The summed E-state index contributed by atoms with van der Waals surface area (Å²) in [4.78, 5) is 0.903. The quantitative estimate of drug-likeness (QED) is 0.693. The molecule has 3 aromatic rings. The molecule has 0 aliphatic heterocycles. The molecular formula is C16H14FNO3S2. The SMILES string of the molecule is Cc1ccc(S(=O)(=O)N(Cc2ccco2)c2ccc(F)cc2)s1. The van der Waals surface area contributed by atoms with Crippen LogP contribution in [-0.4, -0.2) is 8.42 Å². The lowest BCUT2D eigenvalue weighted by Gasteiger charge is -2.22. The Morgan fingerprint density at radius 3 is 2.43 bits per heavy atom. The summed E-state index contributed by atoms with van der Waals surface area (Å²) in [7, 11) is -3.75. The minimum absolute atomic E-state index is 0.0396. The van der Waals surface area contributed by atoms with Crippen molar-refractivity contribution in [1.82, 2.24) is 0 Å². The van der Waals surface area contributed by atoms with Gasteiger partial charge in [0, 0.05) is 4.88 Å². The third-order valence-electron chi connectivity index (χ3n) is 3.25. The molecule has 0 aliphatic carbocycles. The molecular weight excluding hydrogens is 337 g/mol. The zero-order valence-electron chi connectivity index (χ0n) is 12.3. The molecule has 0 atom stereocenters. The van der Waals surface area contributed by atoms with Gasteiger partial charge >= 0.3 is 0 Å². The van der Waals surface area contributed by atoms with Gasteiger partial charge in [-0.15, -0.1) is 11.3 Å². The van der Waals surface area contributed by atoms with Crippen LogP contribution in [0, 0.1) is 12.7 Å². The van der Waals surface area contributed by atoms with Gasteiger partial charge in [-0.1, -0.05) is 0 Å². The van der Waals surface area contributed by atoms with Crippen LogP contribution in [0.1, 0.15) is 10.6 Å². The fourth-order valence-electron chi connectivity index (χ4n) is 2.13. The Morgan fingerprint density at radius 1 is 1.13 bits per heavy atom. The average Bonchev–Trinajstić information content (AvgIpc) is 3.17. The zero-order valence-corrected chi connectivity index (χ0v) is 13.9. The van der Waals surface area contributed by atoms with Gasteiger partial charge in [0.1, 0.15) is 15.8 Å². The molecule has 0 amide bonds. The third-order valence-corrected chi connectivity index (χ3v) is 6.50. The molecule has 0 bridgehead atoms. The zero-order chi connectivity index (χ0) is 16.4. The molecule has 1 aromatic carbocycles. The number of aryl methyl sites for hydroxylation is 1. The number of anilines is 1. The number of hydrogen-bond donors (Lipinski definition) is 0. The summed E-state index contributed by atoms with van der Waals surface area (Å²) in [6.07, 6.45) is 1.49. The molecule has 0 fully saturated rings. The van der Waals surface area contributed by atoms with E-state index in [1.165, 1.54) is 46.2 Å². The molecule has 2 aromatic heterocycles.